The molecule has 0 heterocycles. The molecule has 0 saturated heterocycles. The van der Waals surface area contributed by atoms with Crippen molar-refractivity contribution < 1.29 is 9.90 Å². The van der Waals surface area contributed by atoms with Crippen LogP contribution in [0.3, 0.4) is 0 Å². The van der Waals surface area contributed by atoms with Gasteiger partial charge in [0.1, 0.15) is 0 Å². The molecule has 4 N–H and O–H groups in total. The van der Waals surface area contributed by atoms with E-state index in [0.29, 0.717) is 13.0 Å². The van der Waals surface area contributed by atoms with Crippen molar-refractivity contribution in [3.8, 4) is 0 Å². The Morgan fingerprint density at radius 2 is 2.29 bits per heavy atom. The van der Waals surface area contributed by atoms with Crippen molar-refractivity contribution >= 4 is 5.91 Å². The standard InChI is InChI=1S/C10H20N2O2/c1-6(5-11)9(14)12-7-4-8(13)10(7,2)3/h6-8,13H,4-5,11H2,1-3H3,(H,12,14). The minimum absolute atomic E-state index is 0.0162. The van der Waals surface area contributed by atoms with Crippen molar-refractivity contribution in [1.82, 2.24) is 5.32 Å². The fraction of sp³-hybridized carbons (Fsp3) is 0.900. The minimum Gasteiger partial charge on any atom is -0.392 e. The van der Waals surface area contributed by atoms with E-state index in [9.17, 15) is 9.90 Å². The highest BCUT2D eigenvalue weighted by Gasteiger charge is 2.48. The Labute approximate surface area is 84.9 Å². The Hall–Kier alpha value is -0.610. The third kappa shape index (κ3) is 1.91. The number of nitrogens with two attached hydrogens (primary N) is 1. The number of rotatable bonds is 3. The van der Waals surface area contributed by atoms with E-state index in [-0.39, 0.29) is 29.4 Å². The van der Waals surface area contributed by atoms with Crippen LogP contribution in [0.1, 0.15) is 27.2 Å². The number of nitrogens with one attached hydrogen (secondary N) is 1. The van der Waals surface area contributed by atoms with E-state index in [1.807, 2.05) is 13.8 Å². The first kappa shape index (κ1) is 11.5. The largest absolute Gasteiger partial charge is 0.392 e. The van der Waals surface area contributed by atoms with E-state index in [0.717, 1.165) is 0 Å². The van der Waals surface area contributed by atoms with Crippen molar-refractivity contribution in [3.63, 3.8) is 0 Å². The summed E-state index contributed by atoms with van der Waals surface area (Å²) in [6.45, 7) is 6.08. The fourth-order valence-electron chi connectivity index (χ4n) is 1.57. The number of carbonyl (C=O) groups is 1. The van der Waals surface area contributed by atoms with Crippen LogP contribution in [0.2, 0.25) is 0 Å². The molecule has 3 unspecified atom stereocenters. The number of aliphatic hydroxyl groups is 1. The Bertz CT molecular complexity index is 228. The van der Waals surface area contributed by atoms with E-state index >= 15 is 0 Å². The molecule has 1 rings (SSSR count). The number of aliphatic hydroxyl groups excluding tert-OH is 1. The van der Waals surface area contributed by atoms with Gasteiger partial charge in [0.25, 0.3) is 0 Å². The summed E-state index contributed by atoms with van der Waals surface area (Å²) in [7, 11) is 0. The fourth-order valence-corrected chi connectivity index (χ4v) is 1.57. The second-order valence-electron chi connectivity index (χ2n) is 4.77. The summed E-state index contributed by atoms with van der Waals surface area (Å²) >= 11 is 0. The van der Waals surface area contributed by atoms with Crippen LogP contribution in [0, 0.1) is 11.3 Å². The molecule has 0 aromatic heterocycles. The number of amides is 1. The summed E-state index contributed by atoms with van der Waals surface area (Å²) < 4.78 is 0. The van der Waals surface area contributed by atoms with Crippen LogP contribution in [0.4, 0.5) is 0 Å². The molecule has 1 aliphatic rings. The Morgan fingerprint density at radius 1 is 1.71 bits per heavy atom. The van der Waals surface area contributed by atoms with E-state index in [1.54, 1.807) is 6.92 Å². The zero-order valence-electron chi connectivity index (χ0n) is 9.08. The van der Waals surface area contributed by atoms with Gasteiger partial charge in [0.15, 0.2) is 0 Å². The molecular formula is C10H20N2O2. The number of carbonyl (C=O) groups excluding carboxylic acids is 1. The highest BCUT2D eigenvalue weighted by molar-refractivity contribution is 5.79. The maximum atomic E-state index is 11.5. The molecular weight excluding hydrogens is 180 g/mol. The van der Waals surface area contributed by atoms with Gasteiger partial charge in [0.2, 0.25) is 5.91 Å². The molecule has 3 atom stereocenters. The van der Waals surface area contributed by atoms with Crippen molar-refractivity contribution in [3.05, 3.63) is 0 Å². The lowest BCUT2D eigenvalue weighted by molar-refractivity contribution is -0.132. The molecule has 0 aromatic carbocycles. The van der Waals surface area contributed by atoms with E-state index in [2.05, 4.69) is 5.32 Å². The van der Waals surface area contributed by atoms with Crippen molar-refractivity contribution in [1.29, 1.82) is 0 Å². The predicted molar refractivity (Wildman–Crippen MR) is 54.6 cm³/mol. The van der Waals surface area contributed by atoms with Crippen LogP contribution in [0.25, 0.3) is 0 Å². The molecule has 1 amide bonds. The first-order valence-corrected chi connectivity index (χ1v) is 5.08. The van der Waals surface area contributed by atoms with E-state index in [1.165, 1.54) is 0 Å². The summed E-state index contributed by atoms with van der Waals surface area (Å²) in [5, 5.41) is 12.4. The third-order valence-corrected chi connectivity index (χ3v) is 3.33. The molecule has 1 saturated carbocycles. The van der Waals surface area contributed by atoms with Crippen LogP contribution in [0.15, 0.2) is 0 Å². The first-order chi connectivity index (χ1) is 6.39. The monoisotopic (exact) mass is 200 g/mol. The molecule has 14 heavy (non-hydrogen) atoms. The highest BCUT2D eigenvalue weighted by atomic mass is 16.3. The van der Waals surface area contributed by atoms with Gasteiger partial charge in [-0.3, -0.25) is 4.79 Å². The molecule has 0 radical (unpaired) electrons. The van der Waals surface area contributed by atoms with Crippen LogP contribution >= 0.6 is 0 Å². The molecule has 82 valence electrons. The lowest BCUT2D eigenvalue weighted by Gasteiger charge is -2.49. The average Bonchev–Trinajstić information content (AvgIpc) is 2.16. The van der Waals surface area contributed by atoms with Gasteiger partial charge < -0.3 is 16.2 Å². The summed E-state index contributed by atoms with van der Waals surface area (Å²) in [5.74, 6) is -0.166. The van der Waals surface area contributed by atoms with Crippen molar-refractivity contribution in [2.75, 3.05) is 6.54 Å². The van der Waals surface area contributed by atoms with Gasteiger partial charge in [0, 0.05) is 23.9 Å². The second kappa shape index (κ2) is 3.87. The topological polar surface area (TPSA) is 75.4 Å². The quantitative estimate of drug-likeness (QED) is 0.593. The van der Waals surface area contributed by atoms with Gasteiger partial charge >= 0.3 is 0 Å². The summed E-state index contributed by atoms with van der Waals surface area (Å²) in [6.07, 6.45) is 0.344. The summed E-state index contributed by atoms with van der Waals surface area (Å²) in [4.78, 5) is 11.5. The van der Waals surface area contributed by atoms with Crippen molar-refractivity contribution in [2.24, 2.45) is 17.1 Å². The number of hydrogen-bond donors (Lipinski definition) is 3. The molecule has 1 fully saturated rings. The lowest BCUT2D eigenvalue weighted by atomic mass is 9.64. The van der Waals surface area contributed by atoms with Crippen LogP contribution in [-0.4, -0.2) is 29.7 Å². The minimum atomic E-state index is -0.305. The van der Waals surface area contributed by atoms with Gasteiger partial charge in [-0.1, -0.05) is 20.8 Å². The first-order valence-electron chi connectivity index (χ1n) is 5.08. The normalized spacial score (nSPS) is 31.8. The van der Waals surface area contributed by atoms with Crippen molar-refractivity contribution in [2.45, 2.75) is 39.3 Å². The van der Waals surface area contributed by atoms with Gasteiger partial charge in [-0.25, -0.2) is 0 Å². The Kier molecular flexibility index (Phi) is 3.17. The van der Waals surface area contributed by atoms with Crippen LogP contribution < -0.4 is 11.1 Å². The van der Waals surface area contributed by atoms with Gasteiger partial charge in [-0.2, -0.15) is 0 Å². The summed E-state index contributed by atoms with van der Waals surface area (Å²) in [5.41, 5.74) is 5.19. The second-order valence-corrected chi connectivity index (χ2v) is 4.77. The lowest BCUT2D eigenvalue weighted by Crippen LogP contribution is -2.62. The van der Waals surface area contributed by atoms with E-state index in [4.69, 9.17) is 5.73 Å². The van der Waals surface area contributed by atoms with Crippen LogP contribution in [0.5, 0.6) is 0 Å². The molecule has 0 bridgehead atoms. The van der Waals surface area contributed by atoms with E-state index < -0.39 is 0 Å². The Morgan fingerprint density at radius 3 is 2.64 bits per heavy atom. The maximum Gasteiger partial charge on any atom is 0.224 e. The zero-order valence-corrected chi connectivity index (χ0v) is 9.08. The molecule has 4 heteroatoms. The average molecular weight is 200 g/mol. The molecule has 4 nitrogen and oxygen atoms in total. The SMILES string of the molecule is CC(CN)C(=O)NC1CC(O)C1(C)C. The predicted octanol–water partition coefficient (Wildman–Crippen LogP) is -0.143. The maximum absolute atomic E-state index is 11.5. The molecule has 1 aliphatic carbocycles. The third-order valence-electron chi connectivity index (χ3n) is 3.33. The van der Waals surface area contributed by atoms with Gasteiger partial charge in [-0.05, 0) is 6.42 Å². The van der Waals surface area contributed by atoms with Crippen LogP contribution in [-0.2, 0) is 4.79 Å². The molecule has 0 aromatic rings. The zero-order chi connectivity index (χ0) is 10.9. The molecule has 0 aliphatic heterocycles. The summed E-state index contributed by atoms with van der Waals surface area (Å²) in [6, 6.07) is 0.0824. The highest BCUT2D eigenvalue weighted by Crippen LogP contribution is 2.40. The number of hydrogen-bond acceptors (Lipinski definition) is 3. The van der Waals surface area contributed by atoms with Gasteiger partial charge in [0.05, 0.1) is 6.10 Å². The smallest absolute Gasteiger partial charge is 0.224 e. The van der Waals surface area contributed by atoms with Gasteiger partial charge in [-0.15, -0.1) is 0 Å². The Balaban J connectivity index is 2.44. The molecule has 0 spiro atoms.